The maximum absolute atomic E-state index is 15.7. The summed E-state index contributed by atoms with van der Waals surface area (Å²) in [6.07, 6.45) is 1.69. The fraction of sp³-hybridized carbons (Fsp3) is 0.500. The van der Waals surface area contributed by atoms with E-state index < -0.39 is 29.8 Å². The molecule has 1 saturated heterocycles. The number of hydrogen-bond donors (Lipinski definition) is 1. The molecule has 8 heteroatoms. The first kappa shape index (κ1) is 27.8. The van der Waals surface area contributed by atoms with Gasteiger partial charge in [-0.05, 0) is 68.0 Å². The number of hydrogen-bond acceptors (Lipinski definition) is 4. The molecule has 1 fully saturated rings. The van der Waals surface area contributed by atoms with Crippen LogP contribution in [0.4, 0.5) is 4.39 Å². The zero-order valence-electron chi connectivity index (χ0n) is 23.2. The van der Waals surface area contributed by atoms with Gasteiger partial charge in [-0.15, -0.1) is 0 Å². The smallest absolute Gasteiger partial charge is 0.249 e. The number of carbonyl (C=O) groups excluding carboxylic acids is 3. The number of halogens is 1. The van der Waals surface area contributed by atoms with Crippen molar-refractivity contribution in [1.82, 2.24) is 20.0 Å². The molecule has 2 aromatic carbocycles. The van der Waals surface area contributed by atoms with Crippen molar-refractivity contribution >= 4 is 17.7 Å². The maximum Gasteiger partial charge on any atom is 0.249 e. The van der Waals surface area contributed by atoms with Crippen molar-refractivity contribution in [2.45, 2.75) is 57.8 Å². The van der Waals surface area contributed by atoms with E-state index in [1.807, 2.05) is 57.1 Å². The van der Waals surface area contributed by atoms with Crippen LogP contribution in [0.1, 0.15) is 48.6 Å². The molecule has 3 atom stereocenters. The minimum Gasteiger partial charge on any atom is -0.347 e. The standard InChI is InChI=1S/C30H39FN4O3/c1-18(2)13-25-28(36)32-26(22-15-20-9-7-8-10-21(20)16-22)29(37)35(25)27(30(38)34(5)6)23-12-11-19(14-24(23)31)17-33(3)4/h7-12,14,18,22,25-27H,13,15-17H2,1-6H3,(H,32,36)/t25-,26?,27-/m1/s1. The van der Waals surface area contributed by atoms with E-state index in [0.717, 1.165) is 5.56 Å². The fourth-order valence-corrected chi connectivity index (χ4v) is 5.78. The molecule has 1 heterocycles. The van der Waals surface area contributed by atoms with Crippen molar-refractivity contribution in [3.63, 3.8) is 0 Å². The molecule has 1 unspecified atom stereocenters. The average Bonchev–Trinajstić information content (AvgIpc) is 3.27. The summed E-state index contributed by atoms with van der Waals surface area (Å²) in [5.74, 6) is -1.67. The minimum atomic E-state index is -1.24. The highest BCUT2D eigenvalue weighted by Crippen LogP contribution is 2.36. The van der Waals surface area contributed by atoms with Crippen molar-refractivity contribution in [3.8, 4) is 0 Å². The average molecular weight is 523 g/mol. The zero-order valence-corrected chi connectivity index (χ0v) is 23.2. The summed E-state index contributed by atoms with van der Waals surface area (Å²) in [7, 11) is 6.97. The Balaban J connectivity index is 1.77. The Morgan fingerprint density at radius 2 is 1.68 bits per heavy atom. The summed E-state index contributed by atoms with van der Waals surface area (Å²) in [6.45, 7) is 4.47. The van der Waals surface area contributed by atoms with Crippen LogP contribution in [0.15, 0.2) is 42.5 Å². The Hall–Kier alpha value is -3.26. The van der Waals surface area contributed by atoms with Gasteiger partial charge in [-0.1, -0.05) is 50.2 Å². The number of fused-ring (bicyclic) bond motifs is 1. The van der Waals surface area contributed by atoms with Gasteiger partial charge in [0.15, 0.2) is 0 Å². The molecule has 1 aliphatic carbocycles. The summed E-state index contributed by atoms with van der Waals surface area (Å²) in [6, 6.07) is 9.93. The number of carbonyl (C=O) groups is 3. The van der Waals surface area contributed by atoms with Crippen LogP contribution < -0.4 is 5.32 Å². The first-order chi connectivity index (χ1) is 18.0. The molecule has 0 saturated carbocycles. The molecule has 0 radical (unpaired) electrons. The Morgan fingerprint density at radius 1 is 1.05 bits per heavy atom. The molecular weight excluding hydrogens is 483 g/mol. The molecule has 1 aliphatic heterocycles. The lowest BCUT2D eigenvalue weighted by Gasteiger charge is -2.45. The number of nitrogens with zero attached hydrogens (tertiary/aromatic N) is 3. The van der Waals surface area contributed by atoms with Gasteiger partial charge in [0.05, 0.1) is 0 Å². The normalized spacial score (nSPS) is 20.6. The van der Waals surface area contributed by atoms with Crippen LogP contribution in [-0.2, 0) is 33.8 Å². The van der Waals surface area contributed by atoms with Gasteiger partial charge in [-0.25, -0.2) is 4.39 Å². The molecule has 7 nitrogen and oxygen atoms in total. The first-order valence-electron chi connectivity index (χ1n) is 13.3. The number of piperazine rings is 1. The van der Waals surface area contributed by atoms with E-state index in [2.05, 4.69) is 5.32 Å². The molecule has 3 amide bonds. The second-order valence-corrected chi connectivity index (χ2v) is 11.5. The second-order valence-electron chi connectivity index (χ2n) is 11.5. The molecular formula is C30H39FN4O3. The Labute approximate surface area is 225 Å². The third-order valence-corrected chi connectivity index (χ3v) is 7.52. The van der Waals surface area contributed by atoms with E-state index in [1.54, 1.807) is 26.2 Å². The van der Waals surface area contributed by atoms with Crippen LogP contribution in [0.25, 0.3) is 0 Å². The number of amides is 3. The number of benzene rings is 2. The van der Waals surface area contributed by atoms with E-state index in [-0.39, 0.29) is 29.2 Å². The van der Waals surface area contributed by atoms with Gasteiger partial charge in [0.1, 0.15) is 23.9 Å². The molecule has 0 bridgehead atoms. The van der Waals surface area contributed by atoms with E-state index >= 15 is 4.39 Å². The summed E-state index contributed by atoms with van der Waals surface area (Å²) >= 11 is 0. The Morgan fingerprint density at radius 3 is 2.21 bits per heavy atom. The van der Waals surface area contributed by atoms with Crippen LogP contribution in [-0.4, -0.2) is 72.7 Å². The molecule has 38 heavy (non-hydrogen) atoms. The van der Waals surface area contributed by atoms with Crippen LogP contribution in [0.3, 0.4) is 0 Å². The molecule has 2 aromatic rings. The highest BCUT2D eigenvalue weighted by molar-refractivity contribution is 6.00. The van der Waals surface area contributed by atoms with E-state index in [9.17, 15) is 14.4 Å². The van der Waals surface area contributed by atoms with E-state index in [0.29, 0.717) is 25.8 Å². The van der Waals surface area contributed by atoms with Crippen LogP contribution in [0.5, 0.6) is 0 Å². The first-order valence-corrected chi connectivity index (χ1v) is 13.3. The van der Waals surface area contributed by atoms with E-state index in [4.69, 9.17) is 0 Å². The van der Waals surface area contributed by atoms with Crippen molar-refractivity contribution in [2.75, 3.05) is 28.2 Å². The number of nitrogens with one attached hydrogen (secondary N) is 1. The lowest BCUT2D eigenvalue weighted by Crippen LogP contribution is -2.67. The molecule has 1 N–H and O–H groups in total. The van der Waals surface area contributed by atoms with Gasteiger partial charge in [-0.2, -0.15) is 0 Å². The molecule has 4 rings (SSSR count). The molecule has 204 valence electrons. The number of likely N-dealkylation sites (N-methyl/N-ethyl adjacent to an activating group) is 1. The van der Waals surface area contributed by atoms with Gasteiger partial charge >= 0.3 is 0 Å². The summed E-state index contributed by atoms with van der Waals surface area (Å²) in [5, 5.41) is 2.99. The van der Waals surface area contributed by atoms with Crippen molar-refractivity contribution in [1.29, 1.82) is 0 Å². The quantitative estimate of drug-likeness (QED) is 0.578. The third kappa shape index (κ3) is 5.60. The Kier molecular flexibility index (Phi) is 8.21. The van der Waals surface area contributed by atoms with Crippen LogP contribution >= 0.6 is 0 Å². The summed E-state index contributed by atoms with van der Waals surface area (Å²) in [4.78, 5) is 46.2. The summed E-state index contributed by atoms with van der Waals surface area (Å²) in [5.41, 5.74) is 3.20. The van der Waals surface area contributed by atoms with Crippen molar-refractivity contribution in [3.05, 3.63) is 70.5 Å². The monoisotopic (exact) mass is 522 g/mol. The second kappa shape index (κ2) is 11.2. The predicted molar refractivity (Wildman–Crippen MR) is 145 cm³/mol. The zero-order chi connectivity index (χ0) is 27.7. The van der Waals surface area contributed by atoms with Crippen molar-refractivity contribution < 1.29 is 18.8 Å². The minimum absolute atomic E-state index is 0.0794. The third-order valence-electron chi connectivity index (χ3n) is 7.52. The SMILES string of the molecule is CC(C)C[C@@H]1C(=O)NC(C2Cc3ccccc3C2)C(=O)N1[C@@H](C(=O)N(C)C)c1ccc(CN(C)C)cc1F. The predicted octanol–water partition coefficient (Wildman–Crippen LogP) is 3.17. The fourth-order valence-electron chi connectivity index (χ4n) is 5.78. The highest BCUT2D eigenvalue weighted by Gasteiger charge is 2.50. The summed E-state index contributed by atoms with van der Waals surface area (Å²) < 4.78 is 15.7. The lowest BCUT2D eigenvalue weighted by molar-refractivity contribution is -0.159. The highest BCUT2D eigenvalue weighted by atomic mass is 19.1. The molecule has 0 spiro atoms. The Bertz CT molecular complexity index is 1190. The van der Waals surface area contributed by atoms with Gasteiger partial charge in [0.25, 0.3) is 0 Å². The van der Waals surface area contributed by atoms with Crippen LogP contribution in [0.2, 0.25) is 0 Å². The van der Waals surface area contributed by atoms with Gasteiger partial charge in [0, 0.05) is 26.2 Å². The van der Waals surface area contributed by atoms with Crippen molar-refractivity contribution in [2.24, 2.45) is 11.8 Å². The largest absolute Gasteiger partial charge is 0.347 e. The van der Waals surface area contributed by atoms with E-state index in [1.165, 1.54) is 27.0 Å². The van der Waals surface area contributed by atoms with Gasteiger partial charge in [0.2, 0.25) is 17.7 Å². The number of rotatable bonds is 8. The topological polar surface area (TPSA) is 73.0 Å². The van der Waals surface area contributed by atoms with Gasteiger partial charge in [-0.3, -0.25) is 14.4 Å². The maximum atomic E-state index is 15.7. The molecule has 2 aliphatic rings. The lowest BCUT2D eigenvalue weighted by atomic mass is 9.87. The van der Waals surface area contributed by atoms with Gasteiger partial charge < -0.3 is 20.0 Å². The molecule has 0 aromatic heterocycles. The van der Waals surface area contributed by atoms with Crippen LogP contribution in [0, 0.1) is 17.7 Å².